The van der Waals surface area contributed by atoms with Crippen LogP contribution in [0.1, 0.15) is 12.6 Å². The summed E-state index contributed by atoms with van der Waals surface area (Å²) in [6.45, 7) is 9.29. The number of nitrogens with zero attached hydrogens (tertiary/aromatic N) is 2. The van der Waals surface area contributed by atoms with E-state index in [1.807, 2.05) is 24.4 Å². The SMILES string of the molecule is C=C(CN)CN(CC)Cc1ccccn1. The number of rotatable bonds is 6. The van der Waals surface area contributed by atoms with Crippen molar-refractivity contribution in [1.82, 2.24) is 9.88 Å². The number of aromatic nitrogens is 1. The Bertz CT molecular complexity index is 295. The molecule has 0 fully saturated rings. The van der Waals surface area contributed by atoms with Gasteiger partial charge in [-0.3, -0.25) is 9.88 Å². The standard InChI is InChI=1S/C12H19N3/c1-3-15(9-11(2)8-13)10-12-6-4-5-7-14-12/h4-7H,2-3,8-10,13H2,1H3. The Morgan fingerprint density at radius 1 is 1.53 bits per heavy atom. The van der Waals surface area contributed by atoms with Crippen LogP contribution < -0.4 is 5.73 Å². The van der Waals surface area contributed by atoms with E-state index in [9.17, 15) is 0 Å². The summed E-state index contributed by atoms with van der Waals surface area (Å²) in [6, 6.07) is 5.97. The van der Waals surface area contributed by atoms with Crippen LogP contribution in [0.3, 0.4) is 0 Å². The molecule has 82 valence electrons. The maximum Gasteiger partial charge on any atom is 0.0544 e. The molecule has 1 rings (SSSR count). The maximum atomic E-state index is 5.53. The van der Waals surface area contributed by atoms with E-state index in [0.29, 0.717) is 6.54 Å². The van der Waals surface area contributed by atoms with Crippen molar-refractivity contribution in [3.05, 3.63) is 42.2 Å². The van der Waals surface area contributed by atoms with E-state index < -0.39 is 0 Å². The summed E-state index contributed by atoms with van der Waals surface area (Å²) in [4.78, 5) is 6.57. The van der Waals surface area contributed by atoms with Gasteiger partial charge < -0.3 is 5.73 Å². The highest BCUT2D eigenvalue weighted by atomic mass is 15.1. The van der Waals surface area contributed by atoms with E-state index >= 15 is 0 Å². The van der Waals surface area contributed by atoms with E-state index in [0.717, 1.165) is 30.9 Å². The van der Waals surface area contributed by atoms with Crippen LogP contribution in [0, 0.1) is 0 Å². The molecule has 0 saturated heterocycles. The summed E-state index contributed by atoms with van der Waals surface area (Å²) < 4.78 is 0. The van der Waals surface area contributed by atoms with Gasteiger partial charge in [0.1, 0.15) is 0 Å². The van der Waals surface area contributed by atoms with Crippen molar-refractivity contribution in [2.75, 3.05) is 19.6 Å². The molecule has 0 amide bonds. The molecule has 3 nitrogen and oxygen atoms in total. The lowest BCUT2D eigenvalue weighted by Crippen LogP contribution is -2.27. The highest BCUT2D eigenvalue weighted by Crippen LogP contribution is 2.02. The van der Waals surface area contributed by atoms with Crippen LogP contribution in [0.25, 0.3) is 0 Å². The van der Waals surface area contributed by atoms with Gasteiger partial charge in [0.15, 0.2) is 0 Å². The van der Waals surface area contributed by atoms with Gasteiger partial charge in [-0.1, -0.05) is 19.6 Å². The molecule has 1 aromatic heterocycles. The molecule has 1 heterocycles. The molecular formula is C12H19N3. The average molecular weight is 205 g/mol. The highest BCUT2D eigenvalue weighted by molar-refractivity contribution is 5.05. The molecule has 0 atom stereocenters. The molecule has 0 saturated carbocycles. The molecular weight excluding hydrogens is 186 g/mol. The summed E-state index contributed by atoms with van der Waals surface area (Å²) >= 11 is 0. The van der Waals surface area contributed by atoms with Crippen LogP contribution >= 0.6 is 0 Å². The third kappa shape index (κ3) is 4.23. The van der Waals surface area contributed by atoms with E-state index in [-0.39, 0.29) is 0 Å². The van der Waals surface area contributed by atoms with Gasteiger partial charge in [-0.2, -0.15) is 0 Å². The van der Waals surface area contributed by atoms with Crippen LogP contribution in [0.4, 0.5) is 0 Å². The molecule has 0 bridgehead atoms. The van der Waals surface area contributed by atoms with Crippen molar-refractivity contribution < 1.29 is 0 Å². The normalized spacial score (nSPS) is 10.6. The fraction of sp³-hybridized carbons (Fsp3) is 0.417. The average Bonchev–Trinajstić information content (AvgIpc) is 2.29. The second-order valence-electron chi connectivity index (χ2n) is 3.58. The zero-order valence-electron chi connectivity index (χ0n) is 9.32. The molecule has 2 N–H and O–H groups in total. The first-order valence-corrected chi connectivity index (χ1v) is 5.25. The zero-order valence-corrected chi connectivity index (χ0v) is 9.32. The van der Waals surface area contributed by atoms with Gasteiger partial charge >= 0.3 is 0 Å². The predicted octanol–water partition coefficient (Wildman–Crippen LogP) is 1.42. The molecule has 15 heavy (non-hydrogen) atoms. The first-order chi connectivity index (χ1) is 7.26. The lowest BCUT2D eigenvalue weighted by molar-refractivity contribution is 0.300. The van der Waals surface area contributed by atoms with Crippen LogP contribution in [-0.2, 0) is 6.54 Å². The molecule has 0 unspecified atom stereocenters. The second-order valence-corrected chi connectivity index (χ2v) is 3.58. The molecule has 0 aromatic carbocycles. The Balaban J connectivity index is 2.50. The molecule has 0 aliphatic rings. The second kappa shape index (κ2) is 6.32. The third-order valence-corrected chi connectivity index (χ3v) is 2.29. The smallest absolute Gasteiger partial charge is 0.0544 e. The number of hydrogen-bond acceptors (Lipinski definition) is 3. The molecule has 3 heteroatoms. The minimum atomic E-state index is 0.554. The largest absolute Gasteiger partial charge is 0.327 e. The van der Waals surface area contributed by atoms with E-state index in [1.165, 1.54) is 0 Å². The fourth-order valence-corrected chi connectivity index (χ4v) is 1.38. The van der Waals surface area contributed by atoms with Gasteiger partial charge in [-0.25, -0.2) is 0 Å². The fourth-order valence-electron chi connectivity index (χ4n) is 1.38. The van der Waals surface area contributed by atoms with Crippen molar-refractivity contribution >= 4 is 0 Å². The third-order valence-electron chi connectivity index (χ3n) is 2.29. The van der Waals surface area contributed by atoms with E-state index in [2.05, 4.69) is 23.4 Å². The van der Waals surface area contributed by atoms with Crippen LogP contribution in [0.2, 0.25) is 0 Å². The monoisotopic (exact) mass is 205 g/mol. The van der Waals surface area contributed by atoms with E-state index in [4.69, 9.17) is 5.73 Å². The lowest BCUT2D eigenvalue weighted by Gasteiger charge is -2.20. The summed E-state index contributed by atoms with van der Waals surface area (Å²) in [5.41, 5.74) is 7.68. The minimum absolute atomic E-state index is 0.554. The Labute approximate surface area is 91.6 Å². The molecule has 1 aromatic rings. The first-order valence-electron chi connectivity index (χ1n) is 5.25. The van der Waals surface area contributed by atoms with Gasteiger partial charge in [0.25, 0.3) is 0 Å². The number of nitrogens with two attached hydrogens (primary N) is 1. The topological polar surface area (TPSA) is 42.1 Å². The zero-order chi connectivity index (χ0) is 11.1. The van der Waals surface area contributed by atoms with Gasteiger partial charge in [0, 0.05) is 25.8 Å². The van der Waals surface area contributed by atoms with Crippen molar-refractivity contribution in [3.63, 3.8) is 0 Å². The van der Waals surface area contributed by atoms with Crippen LogP contribution in [-0.4, -0.2) is 29.5 Å². The Morgan fingerprint density at radius 3 is 2.87 bits per heavy atom. The van der Waals surface area contributed by atoms with Crippen molar-refractivity contribution in [2.24, 2.45) is 5.73 Å². The molecule has 0 radical (unpaired) electrons. The van der Waals surface area contributed by atoms with Gasteiger partial charge in [-0.15, -0.1) is 0 Å². The molecule has 0 aliphatic carbocycles. The van der Waals surface area contributed by atoms with Crippen LogP contribution in [0.15, 0.2) is 36.5 Å². The van der Waals surface area contributed by atoms with Crippen molar-refractivity contribution in [3.8, 4) is 0 Å². The Morgan fingerprint density at radius 2 is 2.33 bits per heavy atom. The quantitative estimate of drug-likeness (QED) is 0.714. The minimum Gasteiger partial charge on any atom is -0.327 e. The number of hydrogen-bond donors (Lipinski definition) is 1. The summed E-state index contributed by atoms with van der Waals surface area (Å²) in [7, 11) is 0. The number of pyridine rings is 1. The Kier molecular flexibility index (Phi) is 5.01. The summed E-state index contributed by atoms with van der Waals surface area (Å²) in [5.74, 6) is 0. The summed E-state index contributed by atoms with van der Waals surface area (Å²) in [5, 5.41) is 0. The van der Waals surface area contributed by atoms with Gasteiger partial charge in [0.2, 0.25) is 0 Å². The van der Waals surface area contributed by atoms with E-state index in [1.54, 1.807) is 0 Å². The van der Waals surface area contributed by atoms with Gasteiger partial charge in [0.05, 0.1) is 5.69 Å². The van der Waals surface area contributed by atoms with Crippen LogP contribution in [0.5, 0.6) is 0 Å². The summed E-state index contributed by atoms with van der Waals surface area (Å²) in [6.07, 6.45) is 1.82. The van der Waals surface area contributed by atoms with Crippen molar-refractivity contribution in [1.29, 1.82) is 0 Å². The Hall–Kier alpha value is -1.19. The molecule has 0 spiro atoms. The van der Waals surface area contributed by atoms with Crippen molar-refractivity contribution in [2.45, 2.75) is 13.5 Å². The lowest BCUT2D eigenvalue weighted by atomic mass is 10.2. The first kappa shape index (κ1) is 11.9. The predicted molar refractivity (Wildman–Crippen MR) is 63.4 cm³/mol. The molecule has 0 aliphatic heterocycles. The van der Waals surface area contributed by atoms with Gasteiger partial charge in [-0.05, 0) is 24.3 Å². The highest BCUT2D eigenvalue weighted by Gasteiger charge is 2.05. The number of likely N-dealkylation sites (N-methyl/N-ethyl adjacent to an activating group) is 1. The maximum absolute atomic E-state index is 5.53.